The van der Waals surface area contributed by atoms with Crippen LogP contribution < -0.4 is 13.9 Å². The van der Waals surface area contributed by atoms with Crippen LogP contribution in [-0.4, -0.2) is 32.3 Å². The van der Waals surface area contributed by atoms with E-state index in [1.165, 1.54) is 34.6 Å². The van der Waals surface area contributed by atoms with Gasteiger partial charge in [-0.3, -0.25) is 8.61 Å². The van der Waals surface area contributed by atoms with Gasteiger partial charge in [-0.1, -0.05) is 6.07 Å². The van der Waals surface area contributed by atoms with Crippen LogP contribution in [0.3, 0.4) is 0 Å². The lowest BCUT2D eigenvalue weighted by Crippen LogP contribution is -2.39. The minimum Gasteiger partial charge on any atom is -0.376 e. The predicted molar refractivity (Wildman–Crippen MR) is 97.1 cm³/mol. The van der Waals surface area contributed by atoms with E-state index in [2.05, 4.69) is 5.32 Å². The van der Waals surface area contributed by atoms with E-state index in [0.29, 0.717) is 18.8 Å². The molecule has 26 heavy (non-hydrogen) atoms. The van der Waals surface area contributed by atoms with Crippen molar-refractivity contribution in [2.24, 2.45) is 0 Å². The summed E-state index contributed by atoms with van der Waals surface area (Å²) in [6.45, 7) is 2.91. The monoisotopic (exact) mass is 381 g/mol. The van der Waals surface area contributed by atoms with E-state index in [0.717, 1.165) is 37.3 Å². The highest BCUT2D eigenvalue weighted by Crippen LogP contribution is 2.50. The first kappa shape index (κ1) is 17.5. The average Bonchev–Trinajstić information content (AvgIpc) is 2.98. The van der Waals surface area contributed by atoms with Crippen molar-refractivity contribution < 1.29 is 17.9 Å². The Bertz CT molecular complexity index is 781. The van der Waals surface area contributed by atoms with Gasteiger partial charge in [-0.25, -0.2) is 13.2 Å². The van der Waals surface area contributed by atoms with Crippen molar-refractivity contribution in [2.75, 3.05) is 34.9 Å². The van der Waals surface area contributed by atoms with Crippen LogP contribution in [0.25, 0.3) is 0 Å². The van der Waals surface area contributed by atoms with Crippen molar-refractivity contribution in [2.45, 2.75) is 12.5 Å². The molecule has 2 aromatic rings. The zero-order chi connectivity index (χ0) is 18.1. The normalized spacial score (nSPS) is 19.7. The number of benzene rings is 2. The van der Waals surface area contributed by atoms with E-state index in [1.807, 2.05) is 4.31 Å². The topological polar surface area (TPSA) is 27.7 Å². The number of nitrogens with zero attached hydrogens (tertiary/aromatic N) is 2. The van der Waals surface area contributed by atoms with Crippen LogP contribution in [0.15, 0.2) is 36.4 Å². The summed E-state index contributed by atoms with van der Waals surface area (Å²) in [5.74, 6) is -1.82. The van der Waals surface area contributed by atoms with Crippen molar-refractivity contribution in [1.82, 2.24) is 5.32 Å². The molecule has 0 aliphatic carbocycles. The molecule has 2 aromatic carbocycles. The predicted octanol–water partition coefficient (Wildman–Crippen LogP) is 4.00. The quantitative estimate of drug-likeness (QED) is 0.808. The van der Waals surface area contributed by atoms with E-state index >= 15 is 0 Å². The van der Waals surface area contributed by atoms with E-state index < -0.39 is 17.5 Å². The number of morpholine rings is 1. The number of hydrogen-bond acceptors (Lipinski definition) is 5. The Labute approximate surface area is 154 Å². The summed E-state index contributed by atoms with van der Waals surface area (Å²) in [4.78, 5) is 0. The van der Waals surface area contributed by atoms with Gasteiger partial charge in [-0.2, -0.15) is 0 Å². The number of hydrogen-bond donors (Lipinski definition) is 1. The SMILES string of the molecule is Fc1ccc2c(c1)N(c1c(F)cccc1F)SN2CCC1CNCCO1. The van der Waals surface area contributed by atoms with E-state index in [9.17, 15) is 13.2 Å². The molecular formula is C18H18F3N3OS. The fourth-order valence-electron chi connectivity index (χ4n) is 3.13. The minimum atomic E-state index is -0.686. The van der Waals surface area contributed by atoms with E-state index in [4.69, 9.17) is 4.74 Å². The molecule has 2 aliphatic heterocycles. The van der Waals surface area contributed by atoms with E-state index in [-0.39, 0.29) is 11.8 Å². The lowest BCUT2D eigenvalue weighted by Gasteiger charge is -2.26. The summed E-state index contributed by atoms with van der Waals surface area (Å²) in [6.07, 6.45) is 0.845. The van der Waals surface area contributed by atoms with Gasteiger partial charge >= 0.3 is 0 Å². The van der Waals surface area contributed by atoms with Gasteiger partial charge < -0.3 is 10.1 Å². The Hall–Kier alpha value is -1.90. The first-order valence-corrected chi connectivity index (χ1v) is 9.18. The molecule has 0 spiro atoms. The lowest BCUT2D eigenvalue weighted by atomic mass is 10.2. The summed E-state index contributed by atoms with van der Waals surface area (Å²) in [7, 11) is 0. The summed E-state index contributed by atoms with van der Waals surface area (Å²) in [6, 6.07) is 7.99. The van der Waals surface area contributed by atoms with Crippen LogP contribution >= 0.6 is 12.1 Å². The summed E-state index contributed by atoms with van der Waals surface area (Å²) >= 11 is 1.16. The minimum absolute atomic E-state index is 0.0903. The van der Waals surface area contributed by atoms with E-state index in [1.54, 1.807) is 6.07 Å². The van der Waals surface area contributed by atoms with Crippen LogP contribution in [0.5, 0.6) is 0 Å². The summed E-state index contributed by atoms with van der Waals surface area (Å²) in [5.41, 5.74) is 0.965. The van der Waals surface area contributed by atoms with Gasteiger partial charge in [0, 0.05) is 25.7 Å². The number of anilines is 3. The maximum Gasteiger partial charge on any atom is 0.150 e. The second kappa shape index (κ2) is 7.38. The smallest absolute Gasteiger partial charge is 0.150 e. The van der Waals surface area contributed by atoms with Gasteiger partial charge in [0.15, 0.2) is 11.6 Å². The first-order chi connectivity index (χ1) is 12.6. The molecule has 4 nitrogen and oxygen atoms in total. The van der Waals surface area contributed by atoms with Gasteiger partial charge in [0.2, 0.25) is 0 Å². The highest BCUT2D eigenvalue weighted by atomic mass is 32.2. The van der Waals surface area contributed by atoms with Crippen molar-refractivity contribution in [3.05, 3.63) is 53.8 Å². The maximum atomic E-state index is 14.3. The molecule has 1 N–H and O–H groups in total. The van der Waals surface area contributed by atoms with Crippen LogP contribution in [0.4, 0.5) is 30.2 Å². The Balaban J connectivity index is 1.61. The number of ether oxygens (including phenoxy) is 1. The fraction of sp³-hybridized carbons (Fsp3) is 0.333. The summed E-state index contributed by atoms with van der Waals surface area (Å²) in [5, 5.41) is 3.28. The molecule has 0 bridgehead atoms. The largest absolute Gasteiger partial charge is 0.376 e. The molecule has 8 heteroatoms. The first-order valence-electron chi connectivity index (χ1n) is 8.45. The van der Waals surface area contributed by atoms with Crippen molar-refractivity contribution in [3.63, 3.8) is 0 Å². The molecular weight excluding hydrogens is 363 g/mol. The number of rotatable bonds is 4. The molecule has 0 amide bonds. The van der Waals surface area contributed by atoms with Gasteiger partial charge in [0.25, 0.3) is 0 Å². The average molecular weight is 381 g/mol. The number of halogens is 3. The van der Waals surface area contributed by atoms with Gasteiger partial charge in [-0.05, 0) is 30.7 Å². The maximum absolute atomic E-state index is 14.3. The second-order valence-electron chi connectivity index (χ2n) is 6.17. The molecule has 0 aromatic heterocycles. The van der Waals surface area contributed by atoms with Crippen LogP contribution in [0, 0.1) is 17.5 Å². The Morgan fingerprint density at radius 1 is 1.12 bits per heavy atom. The number of nitrogens with one attached hydrogen (secondary N) is 1. The third kappa shape index (κ3) is 3.36. The Morgan fingerprint density at radius 2 is 1.92 bits per heavy atom. The second-order valence-corrected chi connectivity index (χ2v) is 7.14. The molecule has 0 radical (unpaired) electrons. The van der Waals surface area contributed by atoms with Crippen molar-refractivity contribution in [3.8, 4) is 0 Å². The van der Waals surface area contributed by atoms with Crippen molar-refractivity contribution >= 4 is 29.2 Å². The van der Waals surface area contributed by atoms with Crippen molar-refractivity contribution in [1.29, 1.82) is 0 Å². The molecule has 1 saturated heterocycles. The number of fused-ring (bicyclic) bond motifs is 1. The number of para-hydroxylation sites is 1. The van der Waals surface area contributed by atoms with Gasteiger partial charge in [0.1, 0.15) is 11.5 Å². The third-order valence-corrected chi connectivity index (χ3v) is 5.52. The van der Waals surface area contributed by atoms with Gasteiger partial charge in [-0.15, -0.1) is 0 Å². The van der Waals surface area contributed by atoms with Crippen LogP contribution in [0.2, 0.25) is 0 Å². The molecule has 1 unspecified atom stereocenters. The molecule has 1 fully saturated rings. The third-order valence-electron chi connectivity index (χ3n) is 4.40. The Kier molecular flexibility index (Phi) is 4.97. The summed E-state index contributed by atoms with van der Waals surface area (Å²) < 4.78 is 51.3. The molecule has 2 aliphatic rings. The highest BCUT2D eigenvalue weighted by Gasteiger charge is 2.33. The fourth-order valence-corrected chi connectivity index (χ4v) is 4.25. The standard InChI is InChI=1S/C18H18F3N3OS/c19-12-4-5-16-17(10-12)24(18-14(20)2-1-3-15(18)21)26-23(16)8-6-13-11-22-7-9-25-13/h1-5,10,13,22H,6-9,11H2. The molecule has 0 saturated carbocycles. The van der Waals surface area contributed by atoms with Crippen LogP contribution in [-0.2, 0) is 4.74 Å². The molecule has 1 atom stereocenters. The van der Waals surface area contributed by atoms with Crippen LogP contribution in [0.1, 0.15) is 6.42 Å². The Morgan fingerprint density at radius 3 is 2.65 bits per heavy atom. The lowest BCUT2D eigenvalue weighted by molar-refractivity contribution is 0.0254. The molecule has 138 valence electrons. The molecule has 4 rings (SSSR count). The highest BCUT2D eigenvalue weighted by molar-refractivity contribution is 8.02. The molecule has 2 heterocycles. The zero-order valence-electron chi connectivity index (χ0n) is 13.9. The van der Waals surface area contributed by atoms with Gasteiger partial charge in [0.05, 0.1) is 36.2 Å². The zero-order valence-corrected chi connectivity index (χ0v) is 14.7.